The normalized spacial score (nSPS) is 11.8. The SMILES string of the molecule is c1ccc(-c2nc(-c3ccc4ccccc4c3)nc(-c3cc(-c4cccc5c4oc4ccccc45)cc4oc5cc6ccccc6cc5c34)n2)cc1. The predicted molar refractivity (Wildman–Crippen MR) is 211 cm³/mol. The lowest BCUT2D eigenvalue weighted by molar-refractivity contribution is 0.668. The molecule has 0 radical (unpaired) electrons. The highest BCUT2D eigenvalue weighted by Gasteiger charge is 2.22. The van der Waals surface area contributed by atoms with Gasteiger partial charge in [-0.3, -0.25) is 0 Å². The summed E-state index contributed by atoms with van der Waals surface area (Å²) in [4.78, 5) is 15.5. The van der Waals surface area contributed by atoms with Gasteiger partial charge in [-0.15, -0.1) is 0 Å². The Balaban J connectivity index is 1.23. The molecule has 0 aliphatic rings. The van der Waals surface area contributed by atoms with Crippen LogP contribution in [0.4, 0.5) is 0 Å². The van der Waals surface area contributed by atoms with Crippen LogP contribution in [0.5, 0.6) is 0 Å². The number of hydrogen-bond donors (Lipinski definition) is 0. The van der Waals surface area contributed by atoms with Gasteiger partial charge in [0.1, 0.15) is 22.3 Å². The predicted octanol–water partition coefficient (Wildman–Crippen LogP) is 12.6. The molecule has 3 aromatic heterocycles. The molecule has 0 bridgehead atoms. The largest absolute Gasteiger partial charge is 0.456 e. The molecule has 0 atom stereocenters. The Labute approximate surface area is 297 Å². The molecule has 3 heterocycles. The highest BCUT2D eigenvalue weighted by molar-refractivity contribution is 6.17. The Morgan fingerprint density at radius 3 is 1.85 bits per heavy atom. The number of furan rings is 2. The Bertz CT molecular complexity index is 3190. The Hall–Kier alpha value is -7.11. The average Bonchev–Trinajstić information content (AvgIpc) is 3.77. The molecule has 5 heteroatoms. The van der Waals surface area contributed by atoms with Crippen molar-refractivity contribution in [3.63, 3.8) is 0 Å². The lowest BCUT2D eigenvalue weighted by Crippen LogP contribution is -2.00. The molecule has 8 aromatic carbocycles. The zero-order chi connectivity index (χ0) is 34.2. The van der Waals surface area contributed by atoms with Gasteiger partial charge in [-0.1, -0.05) is 127 Å². The molecule has 0 saturated carbocycles. The van der Waals surface area contributed by atoms with Crippen LogP contribution < -0.4 is 0 Å². The summed E-state index contributed by atoms with van der Waals surface area (Å²) in [6, 6.07) is 56.3. The van der Waals surface area contributed by atoms with Crippen LogP contribution in [0, 0.1) is 0 Å². The molecule has 0 aliphatic carbocycles. The van der Waals surface area contributed by atoms with E-state index >= 15 is 0 Å². The standard InChI is InChI=1S/C47H27N3O2/c1-2-12-29(13-3-1)45-48-46(33-22-21-28-11-4-5-14-30(28)23-33)50-47(49-45)39-25-34(35-18-10-19-37-36-17-8-9-20-40(36)52-44(35)37)27-42-43(39)38-24-31-15-6-7-16-32(31)26-41(38)51-42/h1-27H. The van der Waals surface area contributed by atoms with Gasteiger partial charge >= 0.3 is 0 Å². The molecule has 0 aliphatic heterocycles. The molecule has 0 spiro atoms. The van der Waals surface area contributed by atoms with Crippen LogP contribution in [0.1, 0.15) is 0 Å². The summed E-state index contributed by atoms with van der Waals surface area (Å²) in [5.41, 5.74) is 7.84. The van der Waals surface area contributed by atoms with E-state index in [-0.39, 0.29) is 0 Å². The molecule has 0 N–H and O–H groups in total. The molecule has 11 aromatic rings. The zero-order valence-corrected chi connectivity index (χ0v) is 27.7. The van der Waals surface area contributed by atoms with Crippen LogP contribution in [0.15, 0.2) is 173 Å². The van der Waals surface area contributed by atoms with E-state index in [0.717, 1.165) is 93.2 Å². The van der Waals surface area contributed by atoms with Gasteiger partial charge in [0.25, 0.3) is 0 Å². The van der Waals surface area contributed by atoms with Gasteiger partial charge in [-0.05, 0) is 63.5 Å². The van der Waals surface area contributed by atoms with E-state index < -0.39 is 0 Å². The van der Waals surface area contributed by atoms with Crippen molar-refractivity contribution in [2.45, 2.75) is 0 Å². The third-order valence-electron chi connectivity index (χ3n) is 10.1. The number of nitrogens with zero attached hydrogens (tertiary/aromatic N) is 3. The van der Waals surface area contributed by atoms with E-state index in [1.165, 1.54) is 0 Å². The summed E-state index contributed by atoms with van der Waals surface area (Å²) in [6.45, 7) is 0. The van der Waals surface area contributed by atoms with Gasteiger partial charge in [0.05, 0.1) is 0 Å². The quantitative estimate of drug-likeness (QED) is 0.187. The summed E-state index contributed by atoms with van der Waals surface area (Å²) in [7, 11) is 0. The molecule has 242 valence electrons. The molecule has 0 amide bonds. The van der Waals surface area contributed by atoms with Crippen LogP contribution in [0.2, 0.25) is 0 Å². The molecular formula is C47H27N3O2. The summed E-state index contributed by atoms with van der Waals surface area (Å²) < 4.78 is 13.3. The van der Waals surface area contributed by atoms with Gasteiger partial charge in [-0.25, -0.2) is 15.0 Å². The van der Waals surface area contributed by atoms with Gasteiger partial charge < -0.3 is 8.83 Å². The van der Waals surface area contributed by atoms with Crippen LogP contribution in [0.3, 0.4) is 0 Å². The topological polar surface area (TPSA) is 65.0 Å². The zero-order valence-electron chi connectivity index (χ0n) is 27.7. The van der Waals surface area contributed by atoms with Crippen LogP contribution in [0.25, 0.3) is 111 Å². The van der Waals surface area contributed by atoms with Crippen molar-refractivity contribution >= 4 is 65.4 Å². The van der Waals surface area contributed by atoms with Crippen LogP contribution in [-0.2, 0) is 0 Å². The maximum atomic E-state index is 6.73. The molecular weight excluding hydrogens is 639 g/mol. The van der Waals surface area contributed by atoms with E-state index in [9.17, 15) is 0 Å². The lowest BCUT2D eigenvalue weighted by Gasteiger charge is -2.12. The Kier molecular flexibility index (Phi) is 6.18. The number of hydrogen-bond acceptors (Lipinski definition) is 5. The molecule has 0 saturated heterocycles. The van der Waals surface area contributed by atoms with E-state index in [4.69, 9.17) is 23.8 Å². The third kappa shape index (κ3) is 4.53. The molecule has 0 fully saturated rings. The average molecular weight is 666 g/mol. The van der Waals surface area contributed by atoms with Crippen molar-refractivity contribution in [2.24, 2.45) is 0 Å². The van der Waals surface area contributed by atoms with E-state index in [0.29, 0.717) is 17.5 Å². The van der Waals surface area contributed by atoms with Crippen molar-refractivity contribution in [1.29, 1.82) is 0 Å². The second-order valence-electron chi connectivity index (χ2n) is 13.2. The number of para-hydroxylation sites is 2. The van der Waals surface area contributed by atoms with Crippen molar-refractivity contribution in [3.8, 4) is 45.3 Å². The first-order valence-electron chi connectivity index (χ1n) is 17.3. The highest BCUT2D eigenvalue weighted by Crippen LogP contribution is 2.43. The summed E-state index contributed by atoms with van der Waals surface area (Å²) >= 11 is 0. The van der Waals surface area contributed by atoms with E-state index in [2.05, 4.69) is 115 Å². The molecule has 0 unspecified atom stereocenters. The van der Waals surface area contributed by atoms with Crippen LogP contribution in [-0.4, -0.2) is 15.0 Å². The second-order valence-corrected chi connectivity index (χ2v) is 13.2. The minimum Gasteiger partial charge on any atom is -0.456 e. The number of benzene rings is 8. The van der Waals surface area contributed by atoms with Gasteiger partial charge in [0.2, 0.25) is 0 Å². The Morgan fingerprint density at radius 2 is 1.00 bits per heavy atom. The van der Waals surface area contributed by atoms with E-state index in [1.807, 2.05) is 48.5 Å². The van der Waals surface area contributed by atoms with Crippen molar-refractivity contribution in [3.05, 3.63) is 164 Å². The smallest absolute Gasteiger partial charge is 0.164 e. The number of fused-ring (bicyclic) bond motifs is 8. The summed E-state index contributed by atoms with van der Waals surface area (Å²) in [5.74, 6) is 1.77. The molecule has 5 nitrogen and oxygen atoms in total. The monoisotopic (exact) mass is 665 g/mol. The highest BCUT2D eigenvalue weighted by atomic mass is 16.3. The van der Waals surface area contributed by atoms with Gasteiger partial charge in [0, 0.05) is 43.8 Å². The molecule has 52 heavy (non-hydrogen) atoms. The van der Waals surface area contributed by atoms with Gasteiger partial charge in [0.15, 0.2) is 17.5 Å². The third-order valence-corrected chi connectivity index (χ3v) is 10.1. The number of rotatable bonds is 4. The maximum absolute atomic E-state index is 6.73. The lowest BCUT2D eigenvalue weighted by atomic mass is 9.96. The first kappa shape index (κ1) is 28.7. The minimum atomic E-state index is 0.566. The maximum Gasteiger partial charge on any atom is 0.164 e. The van der Waals surface area contributed by atoms with Crippen molar-refractivity contribution in [1.82, 2.24) is 15.0 Å². The minimum absolute atomic E-state index is 0.566. The van der Waals surface area contributed by atoms with Gasteiger partial charge in [-0.2, -0.15) is 0 Å². The van der Waals surface area contributed by atoms with Crippen molar-refractivity contribution in [2.75, 3.05) is 0 Å². The fourth-order valence-electron chi connectivity index (χ4n) is 7.57. The van der Waals surface area contributed by atoms with E-state index in [1.54, 1.807) is 0 Å². The molecule has 11 rings (SSSR count). The fourth-order valence-corrected chi connectivity index (χ4v) is 7.57. The fraction of sp³-hybridized carbons (Fsp3) is 0. The first-order chi connectivity index (χ1) is 25.7. The second kappa shape index (κ2) is 11.2. The number of aromatic nitrogens is 3. The summed E-state index contributed by atoms with van der Waals surface area (Å²) in [6.07, 6.45) is 0. The van der Waals surface area contributed by atoms with Crippen molar-refractivity contribution < 1.29 is 8.83 Å². The first-order valence-corrected chi connectivity index (χ1v) is 17.3. The Morgan fingerprint density at radius 1 is 0.327 bits per heavy atom. The summed E-state index contributed by atoms with van der Waals surface area (Å²) in [5, 5.41) is 8.65. The van der Waals surface area contributed by atoms with Crippen LogP contribution >= 0.6 is 0 Å².